The Morgan fingerprint density at radius 1 is 1.56 bits per heavy atom. The molecule has 0 aliphatic carbocycles. The predicted octanol–water partition coefficient (Wildman–Crippen LogP) is 3.33. The lowest BCUT2D eigenvalue weighted by molar-refractivity contribution is 0.767. The first-order chi connectivity index (χ1) is 8.56. The molecule has 2 aromatic heterocycles. The molecule has 0 spiro atoms. The molecule has 0 atom stereocenters. The Kier molecular flexibility index (Phi) is 4.19. The SMILES string of the molecule is CC(C)c1nc(NCc2sccc2Br)cc(=O)[nH]1. The van der Waals surface area contributed by atoms with Crippen LogP contribution in [0.25, 0.3) is 0 Å². The van der Waals surface area contributed by atoms with Crippen LogP contribution in [0, 0.1) is 0 Å². The highest BCUT2D eigenvalue weighted by molar-refractivity contribution is 9.10. The van der Waals surface area contributed by atoms with Gasteiger partial charge in [-0.05, 0) is 27.4 Å². The Balaban J connectivity index is 2.14. The minimum atomic E-state index is -0.124. The van der Waals surface area contributed by atoms with Gasteiger partial charge in [0.2, 0.25) is 0 Å². The van der Waals surface area contributed by atoms with Crippen LogP contribution in [0.3, 0.4) is 0 Å². The lowest BCUT2D eigenvalue weighted by Crippen LogP contribution is -2.14. The van der Waals surface area contributed by atoms with Crippen molar-refractivity contribution in [3.63, 3.8) is 0 Å². The number of aromatic amines is 1. The largest absolute Gasteiger partial charge is 0.365 e. The van der Waals surface area contributed by atoms with Gasteiger partial charge in [0.1, 0.15) is 11.6 Å². The first-order valence-electron chi connectivity index (χ1n) is 5.63. The van der Waals surface area contributed by atoms with Crippen LogP contribution in [-0.2, 0) is 6.54 Å². The first kappa shape index (κ1) is 13.3. The molecule has 0 aliphatic heterocycles. The highest BCUT2D eigenvalue weighted by Gasteiger charge is 2.06. The third-order valence-electron chi connectivity index (χ3n) is 2.43. The molecular weight excluding hydrogens is 314 g/mol. The number of hydrogen-bond donors (Lipinski definition) is 2. The maximum absolute atomic E-state index is 11.5. The smallest absolute Gasteiger partial charge is 0.252 e. The van der Waals surface area contributed by atoms with E-state index in [1.54, 1.807) is 11.3 Å². The second-order valence-corrected chi connectivity index (χ2v) is 6.07. The fourth-order valence-electron chi connectivity index (χ4n) is 1.46. The molecule has 2 N–H and O–H groups in total. The lowest BCUT2D eigenvalue weighted by Gasteiger charge is -2.08. The van der Waals surface area contributed by atoms with Crippen molar-refractivity contribution in [2.24, 2.45) is 0 Å². The number of nitrogens with one attached hydrogen (secondary N) is 2. The monoisotopic (exact) mass is 327 g/mol. The van der Waals surface area contributed by atoms with Crippen molar-refractivity contribution in [1.29, 1.82) is 0 Å². The fourth-order valence-corrected chi connectivity index (χ4v) is 2.89. The average molecular weight is 328 g/mol. The van der Waals surface area contributed by atoms with E-state index in [1.165, 1.54) is 10.9 Å². The maximum atomic E-state index is 11.5. The number of thiophene rings is 1. The van der Waals surface area contributed by atoms with Crippen molar-refractivity contribution in [3.8, 4) is 0 Å². The summed E-state index contributed by atoms with van der Waals surface area (Å²) in [4.78, 5) is 19.8. The number of nitrogens with zero attached hydrogens (tertiary/aromatic N) is 1. The molecule has 4 nitrogen and oxygen atoms in total. The third kappa shape index (κ3) is 3.20. The summed E-state index contributed by atoms with van der Waals surface area (Å²) in [7, 11) is 0. The summed E-state index contributed by atoms with van der Waals surface area (Å²) in [5, 5.41) is 5.19. The van der Waals surface area contributed by atoms with Crippen LogP contribution in [0.4, 0.5) is 5.82 Å². The molecule has 0 radical (unpaired) electrons. The molecule has 2 heterocycles. The van der Waals surface area contributed by atoms with Gasteiger partial charge in [-0.15, -0.1) is 11.3 Å². The Hall–Kier alpha value is -1.14. The van der Waals surface area contributed by atoms with Gasteiger partial charge in [0.05, 0.1) is 6.54 Å². The summed E-state index contributed by atoms with van der Waals surface area (Å²) in [5.74, 6) is 1.52. The summed E-state index contributed by atoms with van der Waals surface area (Å²) in [6.07, 6.45) is 0. The Bertz CT molecular complexity index is 591. The standard InChI is InChI=1S/C12H14BrN3OS/c1-7(2)12-15-10(5-11(17)16-12)14-6-9-8(13)3-4-18-9/h3-5,7H,6H2,1-2H3,(H2,14,15,16,17). The van der Waals surface area contributed by atoms with E-state index in [2.05, 4.69) is 31.2 Å². The van der Waals surface area contributed by atoms with Crippen molar-refractivity contribution in [2.45, 2.75) is 26.3 Å². The first-order valence-corrected chi connectivity index (χ1v) is 7.30. The zero-order valence-electron chi connectivity index (χ0n) is 10.2. The highest BCUT2D eigenvalue weighted by Crippen LogP contribution is 2.23. The van der Waals surface area contributed by atoms with Gasteiger partial charge in [0.15, 0.2) is 0 Å². The van der Waals surface area contributed by atoms with Gasteiger partial charge in [-0.2, -0.15) is 0 Å². The summed E-state index contributed by atoms with van der Waals surface area (Å²) in [6.45, 7) is 4.65. The average Bonchev–Trinajstić information content (AvgIpc) is 2.71. The van der Waals surface area contributed by atoms with Crippen LogP contribution in [0.1, 0.15) is 30.5 Å². The van der Waals surface area contributed by atoms with Crippen molar-refractivity contribution >= 4 is 33.1 Å². The van der Waals surface area contributed by atoms with E-state index >= 15 is 0 Å². The summed E-state index contributed by atoms with van der Waals surface area (Å²) < 4.78 is 1.08. The van der Waals surface area contributed by atoms with Gasteiger partial charge in [-0.3, -0.25) is 4.79 Å². The van der Waals surface area contributed by atoms with Crippen LogP contribution in [-0.4, -0.2) is 9.97 Å². The Labute approximate surface area is 118 Å². The van der Waals surface area contributed by atoms with E-state index < -0.39 is 0 Å². The summed E-state index contributed by atoms with van der Waals surface area (Å²) in [5.41, 5.74) is -0.124. The second kappa shape index (κ2) is 5.67. The van der Waals surface area contributed by atoms with Crippen LogP contribution in [0.5, 0.6) is 0 Å². The Morgan fingerprint density at radius 2 is 2.33 bits per heavy atom. The van der Waals surface area contributed by atoms with Crippen molar-refractivity contribution in [3.05, 3.63) is 43.0 Å². The van der Waals surface area contributed by atoms with Crippen molar-refractivity contribution < 1.29 is 0 Å². The molecule has 0 saturated heterocycles. The predicted molar refractivity (Wildman–Crippen MR) is 78.3 cm³/mol. The van der Waals surface area contributed by atoms with E-state index in [9.17, 15) is 4.79 Å². The van der Waals surface area contributed by atoms with Gasteiger partial charge in [0, 0.05) is 21.3 Å². The van der Waals surface area contributed by atoms with E-state index in [4.69, 9.17) is 0 Å². The molecule has 2 aromatic rings. The van der Waals surface area contributed by atoms with E-state index in [0.29, 0.717) is 18.2 Å². The molecule has 2 rings (SSSR count). The van der Waals surface area contributed by atoms with Crippen LogP contribution < -0.4 is 10.9 Å². The molecule has 0 bridgehead atoms. The molecule has 0 aromatic carbocycles. The van der Waals surface area contributed by atoms with E-state index in [0.717, 1.165) is 4.47 Å². The molecular formula is C12H14BrN3OS. The minimum absolute atomic E-state index is 0.124. The molecule has 0 amide bonds. The number of halogens is 1. The lowest BCUT2D eigenvalue weighted by atomic mass is 10.2. The van der Waals surface area contributed by atoms with Crippen LogP contribution in [0.15, 0.2) is 26.8 Å². The normalized spacial score (nSPS) is 10.9. The second-order valence-electron chi connectivity index (χ2n) is 4.22. The topological polar surface area (TPSA) is 57.8 Å². The molecule has 6 heteroatoms. The minimum Gasteiger partial charge on any atom is -0.365 e. The zero-order chi connectivity index (χ0) is 13.1. The van der Waals surface area contributed by atoms with Gasteiger partial charge in [-0.25, -0.2) is 4.98 Å². The fraction of sp³-hybridized carbons (Fsp3) is 0.333. The van der Waals surface area contributed by atoms with Gasteiger partial charge in [0.25, 0.3) is 5.56 Å². The molecule has 18 heavy (non-hydrogen) atoms. The van der Waals surface area contributed by atoms with E-state index in [-0.39, 0.29) is 11.5 Å². The molecule has 0 fully saturated rings. The van der Waals surface area contributed by atoms with Gasteiger partial charge in [-0.1, -0.05) is 13.8 Å². The number of H-pyrrole nitrogens is 1. The number of hydrogen-bond acceptors (Lipinski definition) is 4. The zero-order valence-corrected chi connectivity index (χ0v) is 12.6. The quantitative estimate of drug-likeness (QED) is 0.905. The molecule has 96 valence electrons. The van der Waals surface area contributed by atoms with Crippen LogP contribution in [0.2, 0.25) is 0 Å². The maximum Gasteiger partial charge on any atom is 0.252 e. The van der Waals surface area contributed by atoms with Crippen molar-refractivity contribution in [2.75, 3.05) is 5.32 Å². The molecule has 0 aliphatic rings. The van der Waals surface area contributed by atoms with E-state index in [1.807, 2.05) is 25.3 Å². The summed E-state index contributed by atoms with van der Waals surface area (Å²) in [6, 6.07) is 3.49. The highest BCUT2D eigenvalue weighted by atomic mass is 79.9. The number of anilines is 1. The van der Waals surface area contributed by atoms with Crippen LogP contribution >= 0.6 is 27.3 Å². The summed E-state index contributed by atoms with van der Waals surface area (Å²) >= 11 is 5.13. The van der Waals surface area contributed by atoms with Gasteiger partial charge < -0.3 is 10.3 Å². The number of aromatic nitrogens is 2. The van der Waals surface area contributed by atoms with Gasteiger partial charge >= 0.3 is 0 Å². The number of rotatable bonds is 4. The molecule has 0 saturated carbocycles. The third-order valence-corrected chi connectivity index (χ3v) is 4.35. The molecule has 0 unspecified atom stereocenters. The Morgan fingerprint density at radius 3 is 2.94 bits per heavy atom. The van der Waals surface area contributed by atoms with Crippen molar-refractivity contribution in [1.82, 2.24) is 9.97 Å².